The van der Waals surface area contributed by atoms with Gasteiger partial charge in [-0.05, 0) is 44.5 Å². The molecule has 0 spiro atoms. The summed E-state index contributed by atoms with van der Waals surface area (Å²) in [4.78, 5) is 34.4. The van der Waals surface area contributed by atoms with Crippen LogP contribution >= 0.6 is 11.3 Å². The predicted octanol–water partition coefficient (Wildman–Crippen LogP) is 3.19. The molecule has 1 fully saturated rings. The van der Waals surface area contributed by atoms with Crippen LogP contribution < -0.4 is 29.3 Å². The number of hydrogen-bond donors (Lipinski definition) is 0. The van der Waals surface area contributed by atoms with E-state index in [1.54, 1.807) is 38.1 Å². The standard InChI is InChI=1S/C30H33N3O7S/c1-5-14-39-22-10-8-20(17-23(22)37-6-2)27-26(29(35)38-7-3)19(4)31-30-33(27)28(34)24(41-30)18-21-9-11-25(40-21)32-12-15-36-16-13-32/h5,8-11,17-18,27H,1,6-7,12-16H2,2-4H3/t27-/m0/s1. The third kappa shape index (κ3) is 5.86. The third-order valence-corrected chi connectivity index (χ3v) is 7.65. The Balaban J connectivity index is 1.61. The van der Waals surface area contributed by atoms with Crippen LogP contribution in [0.2, 0.25) is 0 Å². The highest BCUT2D eigenvalue weighted by molar-refractivity contribution is 7.07. The lowest BCUT2D eigenvalue weighted by Gasteiger charge is -2.26. The summed E-state index contributed by atoms with van der Waals surface area (Å²) in [6.07, 6.45) is 3.36. The minimum Gasteiger partial charge on any atom is -0.490 e. The number of thiazole rings is 1. The Labute approximate surface area is 241 Å². The van der Waals surface area contributed by atoms with Gasteiger partial charge < -0.3 is 28.3 Å². The number of carbonyl (C=O) groups excluding carboxylic acids is 1. The van der Waals surface area contributed by atoms with E-state index in [9.17, 15) is 9.59 Å². The van der Waals surface area contributed by atoms with E-state index in [1.807, 2.05) is 25.1 Å². The Morgan fingerprint density at radius 1 is 1.15 bits per heavy atom. The van der Waals surface area contributed by atoms with Gasteiger partial charge in [0.05, 0.1) is 48.3 Å². The summed E-state index contributed by atoms with van der Waals surface area (Å²) < 4.78 is 30.5. The van der Waals surface area contributed by atoms with Crippen molar-refractivity contribution in [2.75, 3.05) is 51.0 Å². The molecule has 0 saturated carbocycles. The van der Waals surface area contributed by atoms with Crippen molar-refractivity contribution in [2.45, 2.75) is 26.8 Å². The highest BCUT2D eigenvalue weighted by Crippen LogP contribution is 2.36. The summed E-state index contributed by atoms with van der Waals surface area (Å²) in [5.74, 6) is 1.79. The number of furan rings is 1. The molecule has 41 heavy (non-hydrogen) atoms. The van der Waals surface area contributed by atoms with Crippen LogP contribution in [0.5, 0.6) is 11.5 Å². The molecule has 2 aliphatic heterocycles. The minimum absolute atomic E-state index is 0.190. The first-order chi connectivity index (χ1) is 19.9. The van der Waals surface area contributed by atoms with E-state index >= 15 is 0 Å². The second-order valence-corrected chi connectivity index (χ2v) is 10.3. The summed E-state index contributed by atoms with van der Waals surface area (Å²) >= 11 is 1.24. The van der Waals surface area contributed by atoms with E-state index in [1.165, 1.54) is 15.9 Å². The molecular formula is C30H33N3O7S. The first-order valence-electron chi connectivity index (χ1n) is 13.6. The summed E-state index contributed by atoms with van der Waals surface area (Å²) in [5, 5.41) is 0. The zero-order chi connectivity index (χ0) is 28.9. The average Bonchev–Trinajstić information content (AvgIpc) is 3.56. The van der Waals surface area contributed by atoms with Gasteiger partial charge in [-0.25, -0.2) is 9.79 Å². The summed E-state index contributed by atoms with van der Waals surface area (Å²) in [5.41, 5.74) is 1.15. The van der Waals surface area contributed by atoms with Gasteiger partial charge in [0.15, 0.2) is 22.2 Å². The van der Waals surface area contributed by atoms with Crippen molar-refractivity contribution in [3.8, 4) is 11.5 Å². The first-order valence-corrected chi connectivity index (χ1v) is 14.4. The maximum Gasteiger partial charge on any atom is 0.338 e. The normalized spacial score (nSPS) is 17.2. The predicted molar refractivity (Wildman–Crippen MR) is 155 cm³/mol. The maximum atomic E-state index is 13.9. The molecule has 2 aromatic heterocycles. The van der Waals surface area contributed by atoms with E-state index < -0.39 is 12.0 Å². The monoisotopic (exact) mass is 579 g/mol. The number of anilines is 1. The van der Waals surface area contributed by atoms with Gasteiger partial charge in [-0.3, -0.25) is 9.36 Å². The molecule has 11 heteroatoms. The van der Waals surface area contributed by atoms with Gasteiger partial charge in [-0.15, -0.1) is 0 Å². The molecular weight excluding hydrogens is 546 g/mol. The van der Waals surface area contributed by atoms with Crippen molar-refractivity contribution >= 4 is 29.3 Å². The molecule has 0 unspecified atom stereocenters. The molecule has 1 atom stereocenters. The Morgan fingerprint density at radius 2 is 1.95 bits per heavy atom. The molecule has 0 N–H and O–H groups in total. The Hall–Kier alpha value is -4.09. The van der Waals surface area contributed by atoms with Crippen molar-refractivity contribution in [1.82, 2.24) is 4.57 Å². The summed E-state index contributed by atoms with van der Waals surface area (Å²) in [6, 6.07) is 8.34. The van der Waals surface area contributed by atoms with Crippen LogP contribution in [0.3, 0.4) is 0 Å². The number of esters is 1. The molecule has 2 aliphatic rings. The Kier molecular flexibility index (Phi) is 8.75. The van der Waals surface area contributed by atoms with Crippen LogP contribution in [0, 0.1) is 0 Å². The molecule has 0 radical (unpaired) electrons. The number of benzene rings is 1. The minimum atomic E-state index is -0.777. The number of fused-ring (bicyclic) bond motifs is 1. The zero-order valence-corrected chi connectivity index (χ0v) is 24.2. The molecule has 0 amide bonds. The van der Waals surface area contributed by atoms with Crippen LogP contribution in [0.1, 0.15) is 38.1 Å². The van der Waals surface area contributed by atoms with E-state index in [0.29, 0.717) is 69.9 Å². The molecule has 0 bridgehead atoms. The fourth-order valence-electron chi connectivity index (χ4n) is 4.84. The van der Waals surface area contributed by atoms with Crippen LogP contribution in [-0.4, -0.2) is 56.7 Å². The van der Waals surface area contributed by atoms with Crippen molar-refractivity contribution in [2.24, 2.45) is 4.99 Å². The van der Waals surface area contributed by atoms with Crippen LogP contribution in [0.25, 0.3) is 6.08 Å². The number of ether oxygens (including phenoxy) is 4. The van der Waals surface area contributed by atoms with Crippen LogP contribution in [-0.2, 0) is 14.3 Å². The van der Waals surface area contributed by atoms with Gasteiger partial charge >= 0.3 is 5.97 Å². The van der Waals surface area contributed by atoms with Crippen molar-refractivity contribution in [1.29, 1.82) is 0 Å². The molecule has 0 aliphatic carbocycles. The molecule has 4 heterocycles. The molecule has 5 rings (SSSR count). The van der Waals surface area contributed by atoms with Crippen LogP contribution in [0.15, 0.2) is 68.5 Å². The quantitative estimate of drug-likeness (QED) is 0.267. The van der Waals surface area contributed by atoms with Gasteiger partial charge in [0, 0.05) is 25.2 Å². The Bertz CT molecular complexity index is 1640. The van der Waals surface area contributed by atoms with Gasteiger partial charge in [-0.2, -0.15) is 0 Å². The number of carbonyl (C=O) groups is 1. The number of morpholine rings is 1. The van der Waals surface area contributed by atoms with Gasteiger partial charge in [-0.1, -0.05) is 30.1 Å². The van der Waals surface area contributed by atoms with E-state index in [0.717, 1.165) is 19.0 Å². The SMILES string of the molecule is C=CCOc1ccc([C@H]2C(C(=O)OCC)=C(C)N=c3sc(=Cc4ccc(N5CCOCC5)o4)c(=O)n32)cc1OCC. The molecule has 3 aromatic rings. The van der Waals surface area contributed by atoms with Gasteiger partial charge in [0.2, 0.25) is 0 Å². The van der Waals surface area contributed by atoms with E-state index in [-0.39, 0.29) is 12.2 Å². The van der Waals surface area contributed by atoms with Gasteiger partial charge in [0.25, 0.3) is 5.56 Å². The summed E-state index contributed by atoms with van der Waals surface area (Å²) in [6.45, 7) is 12.7. The fraction of sp³-hybridized carbons (Fsp3) is 0.367. The topological polar surface area (TPSA) is 105 Å². The lowest BCUT2D eigenvalue weighted by Crippen LogP contribution is -2.40. The Morgan fingerprint density at radius 3 is 2.68 bits per heavy atom. The molecule has 1 saturated heterocycles. The number of hydrogen-bond acceptors (Lipinski definition) is 10. The first kappa shape index (κ1) is 28.4. The second-order valence-electron chi connectivity index (χ2n) is 9.32. The van der Waals surface area contributed by atoms with E-state index in [2.05, 4.69) is 16.5 Å². The number of rotatable bonds is 10. The summed E-state index contributed by atoms with van der Waals surface area (Å²) in [7, 11) is 0. The lowest BCUT2D eigenvalue weighted by molar-refractivity contribution is -0.139. The molecule has 1 aromatic carbocycles. The van der Waals surface area contributed by atoms with E-state index in [4.69, 9.17) is 23.4 Å². The molecule has 10 nitrogen and oxygen atoms in total. The third-order valence-electron chi connectivity index (χ3n) is 6.67. The number of aromatic nitrogens is 1. The average molecular weight is 580 g/mol. The van der Waals surface area contributed by atoms with Crippen molar-refractivity contribution in [3.05, 3.63) is 85.3 Å². The zero-order valence-electron chi connectivity index (χ0n) is 23.4. The van der Waals surface area contributed by atoms with Crippen molar-refractivity contribution < 1.29 is 28.2 Å². The number of nitrogens with zero attached hydrogens (tertiary/aromatic N) is 3. The van der Waals surface area contributed by atoms with Gasteiger partial charge in [0.1, 0.15) is 12.4 Å². The fourth-order valence-corrected chi connectivity index (χ4v) is 5.87. The largest absolute Gasteiger partial charge is 0.490 e. The second kappa shape index (κ2) is 12.6. The smallest absolute Gasteiger partial charge is 0.338 e. The van der Waals surface area contributed by atoms with Crippen LogP contribution in [0.4, 0.5) is 5.88 Å². The maximum absolute atomic E-state index is 13.9. The highest BCUT2D eigenvalue weighted by atomic mass is 32.1. The lowest BCUT2D eigenvalue weighted by atomic mass is 9.95. The highest BCUT2D eigenvalue weighted by Gasteiger charge is 2.34. The molecule has 216 valence electrons. The van der Waals surface area contributed by atoms with Crippen molar-refractivity contribution in [3.63, 3.8) is 0 Å². The number of allylic oxidation sites excluding steroid dienone is 1.